The fourth-order valence-corrected chi connectivity index (χ4v) is 9.24. The van der Waals surface area contributed by atoms with E-state index >= 15 is 4.39 Å². The molecular weight excluding hydrogens is 1140 g/mol. The van der Waals surface area contributed by atoms with Crippen LogP contribution in [0.4, 0.5) is 27.2 Å². The predicted molar refractivity (Wildman–Crippen MR) is 347 cm³/mol. The summed E-state index contributed by atoms with van der Waals surface area (Å²) in [5.74, 6) is -4.35. The third-order valence-corrected chi connectivity index (χ3v) is 13.8. The molecular formula is C66H116F4N2O15. The lowest BCUT2D eigenvalue weighted by atomic mass is 9.90. The van der Waals surface area contributed by atoms with E-state index in [0.29, 0.717) is 61.5 Å². The van der Waals surface area contributed by atoms with Gasteiger partial charge >= 0.3 is 36.1 Å². The van der Waals surface area contributed by atoms with Crippen molar-refractivity contribution in [1.82, 2.24) is 9.80 Å². The highest BCUT2D eigenvalue weighted by molar-refractivity contribution is 5.85. The summed E-state index contributed by atoms with van der Waals surface area (Å²) in [7, 11) is 2.59. The number of amides is 2. The van der Waals surface area contributed by atoms with Crippen LogP contribution < -0.4 is 0 Å². The van der Waals surface area contributed by atoms with Gasteiger partial charge in [-0.15, -0.1) is 0 Å². The summed E-state index contributed by atoms with van der Waals surface area (Å²) in [6.07, 6.45) is -2.26. The van der Waals surface area contributed by atoms with Crippen molar-refractivity contribution in [2.45, 2.75) is 192 Å². The van der Waals surface area contributed by atoms with E-state index in [2.05, 4.69) is 0 Å². The van der Waals surface area contributed by atoms with Crippen molar-refractivity contribution in [3.05, 3.63) is 142 Å². The summed E-state index contributed by atoms with van der Waals surface area (Å²) < 4.78 is 235. The Morgan fingerprint density at radius 1 is 0.563 bits per heavy atom. The number of halogens is 4. The van der Waals surface area contributed by atoms with Crippen LogP contribution >= 0.6 is 0 Å². The molecule has 4 aromatic rings. The summed E-state index contributed by atoms with van der Waals surface area (Å²) >= 11 is 0. The van der Waals surface area contributed by atoms with Gasteiger partial charge in [-0.25, -0.2) is 46.3 Å². The molecule has 0 aromatic heterocycles. The zero-order chi connectivity index (χ0) is 92.9. The predicted octanol–water partition coefficient (Wildman–Crippen LogP) is 15.5. The van der Waals surface area contributed by atoms with Crippen molar-refractivity contribution in [3.63, 3.8) is 0 Å². The monoisotopic (exact) mass is 1280 g/mol. The maximum absolute atomic E-state index is 15.2. The number of ether oxygens (including phenoxy) is 7. The highest BCUT2D eigenvalue weighted by Crippen LogP contribution is 2.32. The van der Waals surface area contributed by atoms with Gasteiger partial charge in [0.2, 0.25) is 6.10 Å². The number of benzene rings is 4. The molecule has 0 aliphatic carbocycles. The minimum Gasteiger partial charge on any atom is -0.480 e. The van der Waals surface area contributed by atoms with Gasteiger partial charge in [-0.3, -0.25) is 9.80 Å². The minimum absolute atomic E-state index is 0.0264. The topological polar surface area (TPSA) is 214 Å². The zero-order valence-electron chi connectivity index (χ0n) is 80.2. The molecule has 0 radical (unpaired) electrons. The Hall–Kier alpha value is -7.10. The Bertz CT molecular complexity index is 2930. The Morgan fingerprint density at radius 2 is 0.943 bits per heavy atom. The van der Waals surface area contributed by atoms with Crippen molar-refractivity contribution >= 4 is 36.1 Å². The van der Waals surface area contributed by atoms with Crippen LogP contribution in [-0.2, 0) is 78.4 Å². The first kappa shape index (κ1) is 53.0. The summed E-state index contributed by atoms with van der Waals surface area (Å²) in [5.41, 5.74) is -1.35. The van der Waals surface area contributed by atoms with E-state index in [9.17, 15) is 47.0 Å². The summed E-state index contributed by atoms with van der Waals surface area (Å²) in [6.45, 7) is 17.5. The van der Waals surface area contributed by atoms with Gasteiger partial charge in [0.15, 0.2) is 6.10 Å². The number of carboxylic acid groups (broad SMARTS) is 1. The number of aliphatic hydroxyl groups excluding tert-OH is 1. The second kappa shape index (κ2) is 33.3. The normalized spacial score (nSPS) is 16.8. The molecule has 2 saturated heterocycles. The van der Waals surface area contributed by atoms with Crippen molar-refractivity contribution in [2.75, 3.05) is 40.5 Å². The molecule has 0 bridgehead atoms. The number of nitrogens with zero attached hydrogens (tertiary/aromatic N) is 2. The van der Waals surface area contributed by atoms with Crippen LogP contribution in [0.2, 0.25) is 0 Å². The highest BCUT2D eigenvalue weighted by Gasteiger charge is 2.39. The largest absolute Gasteiger partial charge is 0.480 e. The lowest BCUT2D eigenvalue weighted by molar-refractivity contribution is -0.172. The number of aliphatic carboxylic acids is 1. The quantitative estimate of drug-likeness (QED) is 0.0451. The standard InChI is InChI=1S/C33H43F2NO7.C21H23FO4.C12H22FNO4.14H2/c1-32(2,3)43-31(39)36(6)27(20-33(4,5)35)29(37)42-28(30(38)41-21-22-10-8-7-9-11-22)19-23-12-13-25(26(34)18-23)24-14-16-40-17-15-24;22-19-12-16(6-7-18(19)17-8-10-25-11-9-17)13-20(23)21(24)26-14-15-4-2-1-3-5-15;1-11(2,3)18-10(17)14(6)8(9(15)16)7-12(4,5)13;;;;;;;;;;;;;;/h7-13,18,24,27-28H,14-17,19-21H2,1-6H3;1-7,12,17,20,23H,8-11,13-14H2;8H,7H2,1-6H3,(H,15,16);14*1H/t27-,28+;20-;8-;;;;;;;;;;;;;;/m010............../s1/i;;;14*1+1D. The number of carbonyl (C=O) groups excluding carboxylic acids is 5. The molecule has 6 rings (SSSR count). The van der Waals surface area contributed by atoms with Gasteiger partial charge in [0.05, 0.1) is 0 Å². The maximum Gasteiger partial charge on any atom is 0.410 e. The molecule has 4 aromatic carbocycles. The van der Waals surface area contributed by atoms with Crippen LogP contribution in [0, 0.1) is 11.6 Å². The van der Waals surface area contributed by atoms with Crippen LogP contribution in [-0.4, -0.2) is 143 Å². The van der Waals surface area contributed by atoms with E-state index in [1.807, 2.05) is 36.4 Å². The molecule has 508 valence electrons. The number of carboxylic acids is 1. The number of esters is 3. The van der Waals surface area contributed by atoms with Gasteiger partial charge < -0.3 is 43.4 Å². The number of hydrogen-bond donors (Lipinski definition) is 2. The zero-order valence-corrected chi connectivity index (χ0v) is 52.2. The number of aliphatic hydroxyl groups is 1. The number of likely N-dealkylation sites (N-methyl/N-ethyl adjacent to an activating group) is 2. The van der Waals surface area contributed by atoms with E-state index in [1.54, 1.807) is 90.1 Å². The number of alkyl halides is 2. The van der Waals surface area contributed by atoms with Crippen molar-refractivity contribution in [1.29, 1.82) is 0 Å². The maximum atomic E-state index is 15.2. The third kappa shape index (κ3) is 26.4. The van der Waals surface area contributed by atoms with E-state index in [-0.39, 0.29) is 50.1 Å². The fraction of sp³-hybridized carbons (Fsp3) is 0.545. The first-order valence-corrected chi connectivity index (χ1v) is 29.1. The van der Waals surface area contributed by atoms with Gasteiger partial charge in [0, 0.05) is 108 Å². The molecule has 2 fully saturated rings. The average molecular weight is 1280 g/mol. The van der Waals surface area contributed by atoms with Crippen LogP contribution in [0.25, 0.3) is 0 Å². The number of carbonyl (C=O) groups is 6. The summed E-state index contributed by atoms with van der Waals surface area (Å²) in [6, 6.07) is 25.1. The van der Waals surface area contributed by atoms with Gasteiger partial charge in [0.1, 0.15) is 59.5 Å². The average Bonchev–Trinajstić information content (AvgIpc) is 0.840. The van der Waals surface area contributed by atoms with Crippen LogP contribution in [0.15, 0.2) is 97.1 Å². The molecule has 0 saturated carbocycles. The molecule has 2 amide bonds. The Balaban J connectivity index is -0.000000143. The molecule has 2 N–H and O–H groups in total. The second-order valence-electron chi connectivity index (χ2n) is 24.9. The van der Waals surface area contributed by atoms with Crippen LogP contribution in [0.1, 0.15) is 195 Å². The third-order valence-electron chi connectivity index (χ3n) is 13.8. The van der Waals surface area contributed by atoms with Gasteiger partial charge in [-0.1, -0.05) is 84.9 Å². The van der Waals surface area contributed by atoms with E-state index < -0.39 is 95.1 Å². The Morgan fingerprint density at radius 3 is 1.32 bits per heavy atom. The molecule has 17 nitrogen and oxygen atoms in total. The minimum atomic E-state index is -1.87. The molecule has 2 heterocycles. The smallest absolute Gasteiger partial charge is 0.410 e. The van der Waals surface area contributed by atoms with Crippen LogP contribution in [0.5, 0.6) is 0 Å². The Kier molecular flexibility index (Phi) is 20.3. The van der Waals surface area contributed by atoms with E-state index in [4.69, 9.17) is 79.8 Å². The van der Waals surface area contributed by atoms with Gasteiger partial charge in [-0.2, -0.15) is 0 Å². The van der Waals surface area contributed by atoms with E-state index in [0.717, 1.165) is 33.8 Å². The number of rotatable bonds is 21. The van der Waals surface area contributed by atoms with Crippen LogP contribution in [0.3, 0.4) is 0 Å². The fourth-order valence-electron chi connectivity index (χ4n) is 9.24. The highest BCUT2D eigenvalue weighted by atomic mass is 19.1. The lowest BCUT2D eigenvalue weighted by Crippen LogP contribution is -2.49. The van der Waals surface area contributed by atoms with Gasteiger partial charge in [0.25, 0.3) is 0 Å². The lowest BCUT2D eigenvalue weighted by Gasteiger charge is -2.32. The van der Waals surface area contributed by atoms with Crippen molar-refractivity contribution < 1.29 is 131 Å². The van der Waals surface area contributed by atoms with Crippen molar-refractivity contribution in [2.24, 2.45) is 0 Å². The summed E-state index contributed by atoms with van der Waals surface area (Å²) in [5, 5.41) is 19.1. The molecule has 0 spiro atoms. The second-order valence-corrected chi connectivity index (χ2v) is 24.9. The molecule has 0 unspecified atom stereocenters. The summed E-state index contributed by atoms with van der Waals surface area (Å²) in [4.78, 5) is 76.2. The van der Waals surface area contributed by atoms with E-state index in [1.165, 1.54) is 53.9 Å². The first-order valence-electron chi connectivity index (χ1n) is 43.1. The number of hydrogen-bond acceptors (Lipinski definition) is 14. The SMILES string of the molecule is CN(C(=O)OC(C)(C)C)[C@@H](CC(C)(C)F)C(=O)O.CN(C(=O)OC(C)(C)C)[C@@H](CC(C)(C)F)C(=O)O[C@H](Cc1ccc(C2CCOCC2)c(F)c1)C(=O)OCc1ccccc1.O=C(OCc1ccccc1)[C@H](O)Cc1ccc(C2CCOCC2)c(F)c1.[2H][2H].[2H][2H].[2H][2H].[2H][2H].[2H][2H].[2H][2H].[2H][2H].[2H][2H].[2H][2H].[2H][2H].[2H][2H].[2H][2H].[2H][2H].[2H][2H]. The van der Waals surface area contributed by atoms with Gasteiger partial charge in [-0.05, 0) is 152 Å². The molecule has 4 atom stereocenters. The molecule has 2 aliphatic rings. The van der Waals surface area contributed by atoms with Crippen molar-refractivity contribution in [3.8, 4) is 0 Å². The molecule has 2 aliphatic heterocycles. The molecule has 21 heteroatoms. The Labute approximate surface area is 552 Å². The molecule has 87 heavy (non-hydrogen) atoms. The first-order chi connectivity index (χ1) is 54.6.